The van der Waals surface area contributed by atoms with E-state index in [1.54, 1.807) is 4.90 Å². The van der Waals surface area contributed by atoms with Gasteiger partial charge in [-0.25, -0.2) is 0 Å². The summed E-state index contributed by atoms with van der Waals surface area (Å²) in [4.78, 5) is 36.3. The molecule has 0 radical (unpaired) electrons. The number of carbonyl (C=O) groups excluding carboxylic acids is 3. The van der Waals surface area contributed by atoms with Crippen LogP contribution in [0, 0.1) is 0 Å². The van der Waals surface area contributed by atoms with Gasteiger partial charge in [-0.15, -0.1) is 11.8 Å². The number of ether oxygens (including phenoxy) is 1. The zero-order chi connectivity index (χ0) is 15.2. The topological polar surface area (TPSA) is 114 Å². The highest BCUT2D eigenvalue weighted by Gasteiger charge is 2.28. The van der Waals surface area contributed by atoms with E-state index in [0.29, 0.717) is 26.3 Å². The van der Waals surface area contributed by atoms with Crippen LogP contribution in [-0.2, 0) is 19.1 Å². The number of nitrogens with one attached hydrogen (secondary N) is 2. The Kier molecular flexibility index (Phi) is 5.83. The van der Waals surface area contributed by atoms with Gasteiger partial charge in [-0.05, 0) is 0 Å². The summed E-state index contributed by atoms with van der Waals surface area (Å²) in [5.41, 5.74) is 4.77. The Morgan fingerprint density at radius 1 is 1.38 bits per heavy atom. The highest BCUT2D eigenvalue weighted by Crippen LogP contribution is 2.14. The smallest absolute Gasteiger partial charge is 0.232 e. The Hall–Kier alpha value is -1.32. The number of nitrogens with zero attached hydrogens (tertiary/aromatic N) is 1. The largest absolute Gasteiger partial charge is 0.378 e. The maximum atomic E-state index is 12.0. The van der Waals surface area contributed by atoms with Crippen LogP contribution in [0.3, 0.4) is 0 Å². The fourth-order valence-electron chi connectivity index (χ4n) is 2.27. The highest BCUT2D eigenvalue weighted by molar-refractivity contribution is 8.00. The summed E-state index contributed by atoms with van der Waals surface area (Å²) in [6.07, 6.45) is 0.333. The monoisotopic (exact) mass is 316 g/mol. The second kappa shape index (κ2) is 7.62. The molecule has 8 nitrogen and oxygen atoms in total. The van der Waals surface area contributed by atoms with Crippen molar-refractivity contribution < 1.29 is 19.1 Å². The second-order valence-corrected chi connectivity index (χ2v) is 6.08. The van der Waals surface area contributed by atoms with E-state index in [1.807, 2.05) is 0 Å². The Morgan fingerprint density at radius 3 is 2.76 bits per heavy atom. The van der Waals surface area contributed by atoms with Gasteiger partial charge >= 0.3 is 0 Å². The van der Waals surface area contributed by atoms with Crippen molar-refractivity contribution >= 4 is 29.5 Å². The molecule has 0 bridgehead atoms. The molecule has 2 fully saturated rings. The lowest BCUT2D eigenvalue weighted by Crippen LogP contribution is -2.56. The van der Waals surface area contributed by atoms with E-state index in [4.69, 9.17) is 10.5 Å². The minimum absolute atomic E-state index is 0.0244. The number of nitrogens with two attached hydrogens (primary N) is 1. The maximum Gasteiger partial charge on any atom is 0.232 e. The number of carbonyl (C=O) groups is 3. The molecule has 2 rings (SSSR count). The zero-order valence-electron chi connectivity index (χ0n) is 11.7. The summed E-state index contributed by atoms with van der Waals surface area (Å²) in [6.45, 7) is 2.34. The van der Waals surface area contributed by atoms with Crippen LogP contribution in [-0.4, -0.2) is 66.2 Å². The molecule has 0 aromatic heterocycles. The van der Waals surface area contributed by atoms with Gasteiger partial charge in [0.2, 0.25) is 17.7 Å². The van der Waals surface area contributed by atoms with Crippen LogP contribution in [0.5, 0.6) is 0 Å². The van der Waals surface area contributed by atoms with Gasteiger partial charge in [0.25, 0.3) is 0 Å². The lowest BCUT2D eigenvalue weighted by molar-refractivity contribution is -0.132. The molecule has 2 saturated heterocycles. The molecule has 2 unspecified atom stereocenters. The van der Waals surface area contributed by atoms with Crippen LogP contribution in [0.25, 0.3) is 0 Å². The minimum atomic E-state index is -0.449. The van der Waals surface area contributed by atoms with E-state index < -0.39 is 5.91 Å². The van der Waals surface area contributed by atoms with E-state index in [9.17, 15) is 14.4 Å². The number of morpholine rings is 1. The van der Waals surface area contributed by atoms with E-state index in [-0.39, 0.29) is 41.9 Å². The third kappa shape index (κ3) is 5.18. The number of hydrogen-bond donors (Lipinski definition) is 3. The number of amides is 3. The average Bonchev–Trinajstić information content (AvgIpc) is 2.44. The van der Waals surface area contributed by atoms with Gasteiger partial charge in [0.1, 0.15) is 5.50 Å². The Balaban J connectivity index is 1.77. The fourth-order valence-corrected chi connectivity index (χ4v) is 3.26. The molecule has 21 heavy (non-hydrogen) atoms. The van der Waals surface area contributed by atoms with Crippen molar-refractivity contribution in [3.05, 3.63) is 0 Å². The Labute approximate surface area is 127 Å². The summed E-state index contributed by atoms with van der Waals surface area (Å²) in [5.74, 6) is -0.302. The van der Waals surface area contributed by atoms with Gasteiger partial charge in [-0.3, -0.25) is 19.7 Å². The maximum absolute atomic E-state index is 12.0. The van der Waals surface area contributed by atoms with Crippen molar-refractivity contribution in [3.63, 3.8) is 0 Å². The van der Waals surface area contributed by atoms with Crippen LogP contribution in [0.2, 0.25) is 0 Å². The van der Waals surface area contributed by atoms with Crippen LogP contribution < -0.4 is 16.4 Å². The first-order valence-electron chi connectivity index (χ1n) is 6.85. The van der Waals surface area contributed by atoms with E-state index in [0.717, 1.165) is 0 Å². The lowest BCUT2D eigenvalue weighted by Gasteiger charge is -2.31. The SMILES string of the molecule is NC(=O)CC1CC(=O)NC(SCC(=O)N2CCOCC2)N1. The van der Waals surface area contributed by atoms with Crippen molar-refractivity contribution in [2.45, 2.75) is 24.4 Å². The molecule has 3 amide bonds. The molecule has 0 saturated carbocycles. The quantitative estimate of drug-likeness (QED) is 0.552. The third-order valence-electron chi connectivity index (χ3n) is 3.30. The molecule has 0 aromatic carbocycles. The van der Waals surface area contributed by atoms with Gasteiger partial charge in [0.15, 0.2) is 0 Å². The molecular formula is C12H20N4O4S. The van der Waals surface area contributed by atoms with Gasteiger partial charge in [-0.2, -0.15) is 0 Å². The number of primary amides is 1. The van der Waals surface area contributed by atoms with Crippen molar-refractivity contribution in [1.29, 1.82) is 0 Å². The standard InChI is InChI=1S/C12H20N4O4S/c13-9(17)5-8-6-10(18)15-12(14-8)21-7-11(19)16-1-3-20-4-2-16/h8,12,14H,1-7H2,(H2,13,17)(H,15,18). The van der Waals surface area contributed by atoms with Gasteiger partial charge in [0.05, 0.1) is 19.0 Å². The summed E-state index contributed by atoms with van der Waals surface area (Å²) in [6, 6.07) is -0.271. The molecule has 2 atom stereocenters. The molecule has 2 aliphatic rings. The van der Waals surface area contributed by atoms with Gasteiger partial charge < -0.3 is 20.7 Å². The van der Waals surface area contributed by atoms with Crippen molar-refractivity contribution in [2.24, 2.45) is 5.73 Å². The summed E-state index contributed by atoms with van der Waals surface area (Å²) in [5, 5.41) is 5.85. The highest BCUT2D eigenvalue weighted by atomic mass is 32.2. The number of hydrogen-bond acceptors (Lipinski definition) is 6. The Morgan fingerprint density at radius 2 is 2.10 bits per heavy atom. The summed E-state index contributed by atoms with van der Waals surface area (Å²) < 4.78 is 5.20. The normalized spacial score (nSPS) is 26.3. The van der Waals surface area contributed by atoms with Crippen molar-refractivity contribution in [1.82, 2.24) is 15.5 Å². The molecule has 0 aromatic rings. The summed E-state index contributed by atoms with van der Waals surface area (Å²) >= 11 is 1.31. The zero-order valence-corrected chi connectivity index (χ0v) is 12.5. The fraction of sp³-hybridized carbons (Fsp3) is 0.750. The first kappa shape index (κ1) is 16.1. The van der Waals surface area contributed by atoms with Gasteiger partial charge in [-0.1, -0.05) is 0 Å². The molecule has 9 heteroatoms. The number of rotatable bonds is 5. The molecule has 0 aliphatic carbocycles. The predicted molar refractivity (Wildman–Crippen MR) is 77.1 cm³/mol. The molecular weight excluding hydrogens is 296 g/mol. The molecule has 0 spiro atoms. The molecule has 2 heterocycles. The Bertz CT molecular complexity index is 412. The predicted octanol–water partition coefficient (Wildman–Crippen LogP) is -1.78. The van der Waals surface area contributed by atoms with Gasteiger partial charge in [0, 0.05) is 32.0 Å². The molecule has 118 valence electrons. The first-order valence-corrected chi connectivity index (χ1v) is 7.90. The minimum Gasteiger partial charge on any atom is -0.378 e. The molecule has 4 N–H and O–H groups in total. The van der Waals surface area contributed by atoms with Crippen molar-refractivity contribution in [3.8, 4) is 0 Å². The molecule has 2 aliphatic heterocycles. The van der Waals surface area contributed by atoms with Crippen LogP contribution in [0.15, 0.2) is 0 Å². The van der Waals surface area contributed by atoms with E-state index >= 15 is 0 Å². The second-order valence-electron chi connectivity index (χ2n) is 4.99. The van der Waals surface area contributed by atoms with Crippen LogP contribution in [0.4, 0.5) is 0 Å². The number of thioether (sulfide) groups is 1. The average molecular weight is 316 g/mol. The lowest BCUT2D eigenvalue weighted by atomic mass is 10.1. The van der Waals surface area contributed by atoms with E-state index in [2.05, 4.69) is 10.6 Å². The van der Waals surface area contributed by atoms with Crippen molar-refractivity contribution in [2.75, 3.05) is 32.1 Å². The van der Waals surface area contributed by atoms with Crippen LogP contribution in [0.1, 0.15) is 12.8 Å². The van der Waals surface area contributed by atoms with Crippen LogP contribution >= 0.6 is 11.8 Å². The summed E-state index contributed by atoms with van der Waals surface area (Å²) in [7, 11) is 0. The first-order chi connectivity index (χ1) is 10.0. The van der Waals surface area contributed by atoms with E-state index in [1.165, 1.54) is 11.8 Å². The third-order valence-corrected chi connectivity index (χ3v) is 4.30.